The minimum atomic E-state index is 0.0608. The Morgan fingerprint density at radius 1 is 1.35 bits per heavy atom. The van der Waals surface area contributed by atoms with Crippen molar-refractivity contribution in [3.8, 4) is 0 Å². The smallest absolute Gasteiger partial charge is 0.0807 e. The summed E-state index contributed by atoms with van der Waals surface area (Å²) in [7, 11) is 2.06. The van der Waals surface area contributed by atoms with Crippen LogP contribution in [0.3, 0.4) is 0 Å². The maximum Gasteiger partial charge on any atom is 0.0807 e. The van der Waals surface area contributed by atoms with Crippen LogP contribution in [-0.2, 0) is 9.47 Å². The zero-order valence-electron chi connectivity index (χ0n) is 11.3. The molecule has 3 nitrogen and oxygen atoms in total. The van der Waals surface area contributed by atoms with E-state index in [4.69, 9.17) is 9.47 Å². The summed E-state index contributed by atoms with van der Waals surface area (Å²) in [5.74, 6) is 0. The fourth-order valence-corrected chi connectivity index (χ4v) is 3.25. The summed E-state index contributed by atoms with van der Waals surface area (Å²) in [5, 5.41) is 3.44. The number of likely N-dealkylation sites (N-methyl/N-ethyl adjacent to an activating group) is 1. The Labute approximate surface area is 105 Å². The highest BCUT2D eigenvalue weighted by Gasteiger charge is 2.37. The SMILES string of the molecule is CNC(CCCC1CCCO1)C1(C)CCCO1. The van der Waals surface area contributed by atoms with E-state index in [2.05, 4.69) is 19.3 Å². The molecule has 0 aromatic rings. The van der Waals surface area contributed by atoms with E-state index in [-0.39, 0.29) is 5.60 Å². The van der Waals surface area contributed by atoms with E-state index in [0.717, 1.165) is 13.2 Å². The van der Waals surface area contributed by atoms with E-state index in [1.54, 1.807) is 0 Å². The van der Waals surface area contributed by atoms with Gasteiger partial charge in [-0.3, -0.25) is 0 Å². The molecule has 2 saturated heterocycles. The van der Waals surface area contributed by atoms with Crippen molar-refractivity contribution in [1.29, 1.82) is 0 Å². The monoisotopic (exact) mass is 241 g/mol. The first-order valence-corrected chi connectivity index (χ1v) is 7.17. The van der Waals surface area contributed by atoms with Crippen LogP contribution in [0.1, 0.15) is 51.9 Å². The number of rotatable bonds is 6. The number of hydrogen-bond acceptors (Lipinski definition) is 3. The van der Waals surface area contributed by atoms with Crippen molar-refractivity contribution in [3.05, 3.63) is 0 Å². The predicted octanol–water partition coefficient (Wildman–Crippen LogP) is 2.49. The summed E-state index contributed by atoms with van der Waals surface area (Å²) >= 11 is 0. The fraction of sp³-hybridized carbons (Fsp3) is 1.00. The molecule has 100 valence electrons. The topological polar surface area (TPSA) is 30.5 Å². The maximum absolute atomic E-state index is 5.92. The van der Waals surface area contributed by atoms with Gasteiger partial charge in [0.1, 0.15) is 0 Å². The zero-order chi connectivity index (χ0) is 12.1. The van der Waals surface area contributed by atoms with Crippen molar-refractivity contribution in [2.24, 2.45) is 0 Å². The molecular weight excluding hydrogens is 214 g/mol. The van der Waals surface area contributed by atoms with Gasteiger partial charge in [0.15, 0.2) is 0 Å². The zero-order valence-corrected chi connectivity index (χ0v) is 11.3. The summed E-state index contributed by atoms with van der Waals surface area (Å²) in [4.78, 5) is 0. The van der Waals surface area contributed by atoms with Crippen molar-refractivity contribution in [2.45, 2.75) is 69.6 Å². The lowest BCUT2D eigenvalue weighted by Crippen LogP contribution is -2.47. The van der Waals surface area contributed by atoms with Gasteiger partial charge in [-0.1, -0.05) is 0 Å². The highest BCUT2D eigenvalue weighted by Crippen LogP contribution is 2.31. The summed E-state index contributed by atoms with van der Waals surface area (Å²) in [6, 6.07) is 0.492. The molecule has 2 fully saturated rings. The quantitative estimate of drug-likeness (QED) is 0.775. The highest BCUT2D eigenvalue weighted by molar-refractivity contribution is 4.92. The lowest BCUT2D eigenvalue weighted by Gasteiger charge is -2.33. The Morgan fingerprint density at radius 3 is 2.82 bits per heavy atom. The molecule has 0 aromatic heterocycles. The predicted molar refractivity (Wildman–Crippen MR) is 69.3 cm³/mol. The molecule has 0 aromatic carbocycles. The van der Waals surface area contributed by atoms with Gasteiger partial charge in [0.25, 0.3) is 0 Å². The molecule has 17 heavy (non-hydrogen) atoms. The van der Waals surface area contributed by atoms with Gasteiger partial charge in [0, 0.05) is 19.3 Å². The molecule has 0 saturated carbocycles. The minimum absolute atomic E-state index is 0.0608. The average Bonchev–Trinajstić information content (AvgIpc) is 2.96. The first-order valence-electron chi connectivity index (χ1n) is 7.17. The average molecular weight is 241 g/mol. The van der Waals surface area contributed by atoms with Crippen LogP contribution in [0.5, 0.6) is 0 Å². The molecule has 0 aliphatic carbocycles. The van der Waals surface area contributed by atoms with Crippen molar-refractivity contribution in [1.82, 2.24) is 5.32 Å². The van der Waals surface area contributed by atoms with Gasteiger partial charge in [0.05, 0.1) is 11.7 Å². The second-order valence-electron chi connectivity index (χ2n) is 5.67. The van der Waals surface area contributed by atoms with Crippen LogP contribution in [0.25, 0.3) is 0 Å². The number of hydrogen-bond donors (Lipinski definition) is 1. The second-order valence-corrected chi connectivity index (χ2v) is 5.67. The van der Waals surface area contributed by atoms with Gasteiger partial charge in [-0.25, -0.2) is 0 Å². The Kier molecular flexibility index (Phi) is 4.83. The van der Waals surface area contributed by atoms with Crippen LogP contribution < -0.4 is 5.32 Å². The van der Waals surface area contributed by atoms with Gasteiger partial charge in [0.2, 0.25) is 0 Å². The normalized spacial score (nSPS) is 35.3. The number of ether oxygens (including phenoxy) is 2. The molecule has 2 aliphatic rings. The van der Waals surface area contributed by atoms with Crippen molar-refractivity contribution in [3.63, 3.8) is 0 Å². The molecule has 1 N–H and O–H groups in total. The Hall–Kier alpha value is -0.120. The fourth-order valence-electron chi connectivity index (χ4n) is 3.25. The van der Waals surface area contributed by atoms with Crippen LogP contribution >= 0.6 is 0 Å². The van der Waals surface area contributed by atoms with Crippen molar-refractivity contribution < 1.29 is 9.47 Å². The summed E-state index contributed by atoms with van der Waals surface area (Å²) in [5.41, 5.74) is 0.0608. The Balaban J connectivity index is 1.71. The molecule has 0 spiro atoms. The first kappa shape index (κ1) is 13.3. The minimum Gasteiger partial charge on any atom is -0.378 e. The number of nitrogens with one attached hydrogen (secondary N) is 1. The lowest BCUT2D eigenvalue weighted by molar-refractivity contribution is -0.0134. The summed E-state index contributed by atoms with van der Waals surface area (Å²) in [6.45, 7) is 4.16. The molecule has 0 amide bonds. The molecule has 0 bridgehead atoms. The lowest BCUT2D eigenvalue weighted by atomic mass is 9.89. The molecule has 0 radical (unpaired) electrons. The maximum atomic E-state index is 5.92. The van der Waals surface area contributed by atoms with Crippen LogP contribution in [0.2, 0.25) is 0 Å². The van der Waals surface area contributed by atoms with Crippen LogP contribution in [-0.4, -0.2) is 38.0 Å². The Bertz CT molecular complexity index is 220. The van der Waals surface area contributed by atoms with Crippen LogP contribution in [0.15, 0.2) is 0 Å². The van der Waals surface area contributed by atoms with Gasteiger partial charge in [-0.05, 0) is 58.9 Å². The van der Waals surface area contributed by atoms with Gasteiger partial charge in [-0.2, -0.15) is 0 Å². The van der Waals surface area contributed by atoms with Gasteiger partial charge >= 0.3 is 0 Å². The molecule has 3 atom stereocenters. The van der Waals surface area contributed by atoms with E-state index < -0.39 is 0 Å². The Morgan fingerprint density at radius 2 is 2.24 bits per heavy atom. The van der Waals surface area contributed by atoms with Crippen LogP contribution in [0, 0.1) is 0 Å². The standard InChI is InChI=1S/C14H27NO2/c1-14(9-5-11-17-14)13(15-2)8-3-6-12-7-4-10-16-12/h12-13,15H,3-11H2,1-2H3. The third-order valence-corrected chi connectivity index (χ3v) is 4.38. The van der Waals surface area contributed by atoms with Gasteiger partial charge < -0.3 is 14.8 Å². The van der Waals surface area contributed by atoms with E-state index >= 15 is 0 Å². The molecular formula is C14H27NO2. The van der Waals surface area contributed by atoms with E-state index in [1.807, 2.05) is 0 Å². The summed E-state index contributed by atoms with van der Waals surface area (Å²) < 4.78 is 11.6. The van der Waals surface area contributed by atoms with E-state index in [9.17, 15) is 0 Å². The van der Waals surface area contributed by atoms with E-state index in [1.165, 1.54) is 44.9 Å². The van der Waals surface area contributed by atoms with Crippen LogP contribution in [0.4, 0.5) is 0 Å². The molecule has 3 heteroatoms. The third-order valence-electron chi connectivity index (χ3n) is 4.38. The third kappa shape index (κ3) is 3.43. The summed E-state index contributed by atoms with van der Waals surface area (Å²) in [6.07, 6.45) is 9.11. The molecule has 2 rings (SSSR count). The molecule has 3 unspecified atom stereocenters. The first-order chi connectivity index (χ1) is 8.24. The molecule has 2 aliphatic heterocycles. The second kappa shape index (κ2) is 6.17. The van der Waals surface area contributed by atoms with Gasteiger partial charge in [-0.15, -0.1) is 0 Å². The van der Waals surface area contributed by atoms with Crippen molar-refractivity contribution >= 4 is 0 Å². The van der Waals surface area contributed by atoms with E-state index in [0.29, 0.717) is 12.1 Å². The highest BCUT2D eigenvalue weighted by atomic mass is 16.5. The molecule has 2 heterocycles. The largest absolute Gasteiger partial charge is 0.378 e. The van der Waals surface area contributed by atoms with Crippen molar-refractivity contribution in [2.75, 3.05) is 20.3 Å².